The molecule has 2 aliphatic carbocycles. The van der Waals surface area contributed by atoms with Crippen LogP contribution in [0.2, 0.25) is 0 Å². The van der Waals surface area contributed by atoms with Crippen molar-refractivity contribution in [3.63, 3.8) is 0 Å². The highest BCUT2D eigenvalue weighted by atomic mass is 16.7. The van der Waals surface area contributed by atoms with Crippen LogP contribution in [0.5, 0.6) is 5.75 Å². The van der Waals surface area contributed by atoms with Crippen molar-refractivity contribution in [1.29, 1.82) is 0 Å². The average Bonchev–Trinajstić information content (AvgIpc) is 3.33. The molecular weight excluding hydrogens is 262 g/mol. The first-order valence-corrected chi connectivity index (χ1v) is 8.43. The van der Waals surface area contributed by atoms with E-state index < -0.39 is 0 Å². The number of benzene rings is 1. The minimum Gasteiger partial charge on any atom is -0.468 e. The maximum atomic E-state index is 5.72. The van der Waals surface area contributed by atoms with Crippen molar-refractivity contribution in [2.75, 3.05) is 19.9 Å². The Kier molecular flexibility index (Phi) is 5.15. The predicted molar refractivity (Wildman–Crippen MR) is 84.6 cm³/mol. The highest BCUT2D eigenvalue weighted by molar-refractivity contribution is 5.39. The van der Waals surface area contributed by atoms with E-state index in [1.54, 1.807) is 0 Å². The van der Waals surface area contributed by atoms with E-state index in [-0.39, 0.29) is 0 Å². The van der Waals surface area contributed by atoms with Gasteiger partial charge in [0.05, 0.1) is 6.61 Å². The number of hydrogen-bond acceptors (Lipinski definition) is 3. The van der Waals surface area contributed by atoms with E-state index in [0.717, 1.165) is 24.8 Å². The minimum atomic E-state index is 0.382. The summed E-state index contributed by atoms with van der Waals surface area (Å²) in [4.78, 5) is 0. The maximum Gasteiger partial charge on any atom is 0.189 e. The van der Waals surface area contributed by atoms with Crippen LogP contribution in [-0.4, -0.2) is 19.9 Å². The van der Waals surface area contributed by atoms with E-state index in [9.17, 15) is 0 Å². The largest absolute Gasteiger partial charge is 0.468 e. The summed E-state index contributed by atoms with van der Waals surface area (Å²) in [5.41, 5.74) is 2.90. The molecule has 0 radical (unpaired) electrons. The molecule has 0 bridgehead atoms. The molecule has 0 heterocycles. The third kappa shape index (κ3) is 4.21. The lowest BCUT2D eigenvalue weighted by Gasteiger charge is -2.27. The third-order valence-electron chi connectivity index (χ3n) is 4.43. The number of ether oxygens (including phenoxy) is 2. The first kappa shape index (κ1) is 14.9. The second-order valence-electron chi connectivity index (χ2n) is 6.34. The number of nitrogens with one attached hydrogen (secondary N) is 1. The molecule has 0 aliphatic heterocycles. The van der Waals surface area contributed by atoms with Crippen LogP contribution in [-0.2, 0) is 11.2 Å². The Labute approximate surface area is 128 Å². The Hall–Kier alpha value is -1.06. The van der Waals surface area contributed by atoms with E-state index in [1.165, 1.54) is 49.7 Å². The monoisotopic (exact) mass is 289 g/mol. The topological polar surface area (TPSA) is 30.5 Å². The van der Waals surface area contributed by atoms with E-state index in [4.69, 9.17) is 9.47 Å². The van der Waals surface area contributed by atoms with E-state index in [1.807, 2.05) is 0 Å². The van der Waals surface area contributed by atoms with E-state index in [2.05, 4.69) is 30.4 Å². The minimum absolute atomic E-state index is 0.382. The molecule has 1 aromatic rings. The number of aryl methyl sites for hydroxylation is 1. The first-order valence-electron chi connectivity index (χ1n) is 8.43. The summed E-state index contributed by atoms with van der Waals surface area (Å²) < 4.78 is 11.3. The first-order chi connectivity index (χ1) is 10.4. The SMILES string of the molecule is CCCNC1CCCc2cc(OCOCC3CC3)ccc21. The lowest BCUT2D eigenvalue weighted by Crippen LogP contribution is -2.25. The highest BCUT2D eigenvalue weighted by Gasteiger charge is 2.21. The lowest BCUT2D eigenvalue weighted by molar-refractivity contribution is 0.00992. The molecule has 1 atom stereocenters. The van der Waals surface area contributed by atoms with Gasteiger partial charge in [-0.1, -0.05) is 13.0 Å². The third-order valence-corrected chi connectivity index (χ3v) is 4.43. The summed E-state index contributed by atoms with van der Waals surface area (Å²) in [5.74, 6) is 1.74. The lowest BCUT2D eigenvalue weighted by atomic mass is 9.87. The van der Waals surface area contributed by atoms with Crippen molar-refractivity contribution in [3.05, 3.63) is 29.3 Å². The van der Waals surface area contributed by atoms with Gasteiger partial charge < -0.3 is 14.8 Å². The fraction of sp³-hybridized carbons (Fsp3) is 0.667. The average molecular weight is 289 g/mol. The standard InChI is InChI=1S/C18H27NO2/c1-2-10-19-18-5-3-4-15-11-16(8-9-17(15)18)21-13-20-12-14-6-7-14/h8-9,11,14,18-19H,2-7,10,12-13H2,1H3. The van der Waals surface area contributed by atoms with Crippen LogP contribution in [0.25, 0.3) is 0 Å². The molecule has 1 aromatic carbocycles. The van der Waals surface area contributed by atoms with Crippen LogP contribution in [0.15, 0.2) is 18.2 Å². The molecule has 0 saturated heterocycles. The second kappa shape index (κ2) is 7.28. The van der Waals surface area contributed by atoms with Crippen LogP contribution >= 0.6 is 0 Å². The molecule has 0 aromatic heterocycles. The normalized spacial score (nSPS) is 21.1. The van der Waals surface area contributed by atoms with Crippen LogP contribution < -0.4 is 10.1 Å². The molecule has 2 aliphatic rings. The Morgan fingerprint density at radius 1 is 1.24 bits per heavy atom. The Morgan fingerprint density at radius 3 is 2.95 bits per heavy atom. The number of rotatable bonds is 8. The molecule has 0 amide bonds. The summed E-state index contributed by atoms with van der Waals surface area (Å²) in [6.45, 7) is 4.55. The van der Waals surface area contributed by atoms with Crippen LogP contribution in [0.1, 0.15) is 56.2 Å². The van der Waals surface area contributed by atoms with Gasteiger partial charge in [0, 0.05) is 6.04 Å². The smallest absolute Gasteiger partial charge is 0.189 e. The van der Waals surface area contributed by atoms with Crippen LogP contribution in [0.4, 0.5) is 0 Å². The Bertz CT molecular complexity index is 457. The number of fused-ring (bicyclic) bond motifs is 1. The maximum absolute atomic E-state index is 5.72. The molecule has 1 fully saturated rings. The van der Waals surface area contributed by atoms with E-state index >= 15 is 0 Å². The number of hydrogen-bond donors (Lipinski definition) is 1. The van der Waals surface area contributed by atoms with Crippen molar-refractivity contribution >= 4 is 0 Å². The highest BCUT2D eigenvalue weighted by Crippen LogP contribution is 2.32. The quantitative estimate of drug-likeness (QED) is 0.583. The van der Waals surface area contributed by atoms with Gasteiger partial charge in [0.15, 0.2) is 6.79 Å². The zero-order chi connectivity index (χ0) is 14.5. The summed E-state index contributed by atoms with van der Waals surface area (Å²) in [6.07, 6.45) is 7.51. The van der Waals surface area contributed by atoms with Gasteiger partial charge >= 0.3 is 0 Å². The van der Waals surface area contributed by atoms with Crippen LogP contribution in [0.3, 0.4) is 0 Å². The van der Waals surface area contributed by atoms with Gasteiger partial charge in [0.2, 0.25) is 0 Å². The Balaban J connectivity index is 1.54. The van der Waals surface area contributed by atoms with E-state index in [0.29, 0.717) is 12.8 Å². The molecule has 21 heavy (non-hydrogen) atoms. The fourth-order valence-electron chi connectivity index (χ4n) is 3.02. The molecular formula is C18H27NO2. The van der Waals surface area contributed by atoms with Crippen molar-refractivity contribution in [1.82, 2.24) is 5.32 Å². The molecule has 3 heteroatoms. The van der Waals surface area contributed by atoms with Crippen LogP contribution in [0, 0.1) is 5.92 Å². The van der Waals surface area contributed by atoms with Gasteiger partial charge in [0.25, 0.3) is 0 Å². The van der Waals surface area contributed by atoms with Crippen molar-refractivity contribution in [3.8, 4) is 5.75 Å². The van der Waals surface area contributed by atoms with Crippen molar-refractivity contribution in [2.24, 2.45) is 5.92 Å². The second-order valence-corrected chi connectivity index (χ2v) is 6.34. The summed E-state index contributed by atoms with van der Waals surface area (Å²) in [7, 11) is 0. The summed E-state index contributed by atoms with van der Waals surface area (Å²) in [5, 5.41) is 3.65. The molecule has 116 valence electrons. The zero-order valence-electron chi connectivity index (χ0n) is 13.1. The molecule has 1 unspecified atom stereocenters. The van der Waals surface area contributed by atoms with Gasteiger partial charge in [-0.25, -0.2) is 0 Å². The molecule has 3 rings (SSSR count). The molecule has 0 spiro atoms. The fourth-order valence-corrected chi connectivity index (χ4v) is 3.02. The van der Waals surface area contributed by atoms with Gasteiger partial charge in [0.1, 0.15) is 5.75 Å². The van der Waals surface area contributed by atoms with Crippen molar-refractivity contribution in [2.45, 2.75) is 51.5 Å². The Morgan fingerprint density at radius 2 is 2.14 bits per heavy atom. The summed E-state index contributed by atoms with van der Waals surface area (Å²) >= 11 is 0. The van der Waals surface area contributed by atoms with Gasteiger partial charge in [-0.15, -0.1) is 0 Å². The predicted octanol–water partition coefficient (Wildman–Crippen LogP) is 3.83. The summed E-state index contributed by atoms with van der Waals surface area (Å²) in [6, 6.07) is 7.05. The molecule has 3 nitrogen and oxygen atoms in total. The zero-order valence-corrected chi connectivity index (χ0v) is 13.1. The van der Waals surface area contributed by atoms with Gasteiger partial charge in [-0.05, 0) is 74.2 Å². The van der Waals surface area contributed by atoms with Gasteiger partial charge in [-0.2, -0.15) is 0 Å². The molecule has 1 N–H and O–H groups in total. The van der Waals surface area contributed by atoms with Gasteiger partial charge in [-0.3, -0.25) is 0 Å². The van der Waals surface area contributed by atoms with Crippen molar-refractivity contribution < 1.29 is 9.47 Å². The molecule has 1 saturated carbocycles.